The number of rotatable bonds is 4. The number of hydrogen-bond donors (Lipinski definition) is 1. The number of nitrogens with zero attached hydrogens (tertiary/aromatic N) is 4. The second kappa shape index (κ2) is 4.43. The highest BCUT2D eigenvalue weighted by atomic mass is 32.2. The lowest BCUT2D eigenvalue weighted by Crippen LogP contribution is -2.23. The van der Waals surface area contributed by atoms with E-state index in [1.54, 1.807) is 7.05 Å². The van der Waals surface area contributed by atoms with Gasteiger partial charge in [-0.25, -0.2) is 0 Å². The van der Waals surface area contributed by atoms with Gasteiger partial charge in [0.1, 0.15) is 0 Å². The molecule has 0 saturated heterocycles. The summed E-state index contributed by atoms with van der Waals surface area (Å²) in [6.45, 7) is 1.82. The molecule has 1 heterocycles. The Bertz CT molecular complexity index is 297. The monoisotopic (exact) mass is 203 g/mol. The van der Waals surface area contributed by atoms with Crippen molar-refractivity contribution in [2.24, 2.45) is 12.8 Å². The lowest BCUT2D eigenvalue weighted by atomic mass is 10.4. The second-order valence-corrected chi connectivity index (χ2v) is 4.42. The summed E-state index contributed by atoms with van der Waals surface area (Å²) in [5.41, 5.74) is 5.50. The first kappa shape index (κ1) is 10.3. The number of aryl methyl sites for hydroxylation is 1. The van der Waals surface area contributed by atoms with Crippen LogP contribution in [0, 0.1) is 0 Å². The average molecular weight is 203 g/mol. The molecule has 0 radical (unpaired) electrons. The highest BCUT2D eigenvalue weighted by molar-refractivity contribution is 7.84. The summed E-state index contributed by atoms with van der Waals surface area (Å²) in [4.78, 5) is 1.35. The lowest BCUT2D eigenvalue weighted by Gasteiger charge is -2.01. The zero-order chi connectivity index (χ0) is 9.84. The fourth-order valence-corrected chi connectivity index (χ4v) is 1.99. The van der Waals surface area contributed by atoms with Crippen LogP contribution >= 0.6 is 0 Å². The highest BCUT2D eigenvalue weighted by Crippen LogP contribution is 1.95. The Hall–Kier alpha value is -0.820. The Labute approximate surface area is 79.0 Å². The van der Waals surface area contributed by atoms with Crippen molar-refractivity contribution >= 4 is 10.8 Å². The SMILES string of the molecule is CC(N)CS(=O)Cc1nnn(C)n1. The number of hydrogen-bond acceptors (Lipinski definition) is 5. The zero-order valence-corrected chi connectivity index (χ0v) is 8.49. The molecule has 0 aliphatic rings. The molecule has 6 nitrogen and oxygen atoms in total. The van der Waals surface area contributed by atoms with Crippen molar-refractivity contribution in [1.29, 1.82) is 0 Å². The molecule has 1 rings (SSSR count). The molecule has 74 valence electrons. The predicted octanol–water partition coefficient (Wildman–Crippen LogP) is -1.19. The van der Waals surface area contributed by atoms with Crippen LogP contribution in [0.15, 0.2) is 0 Å². The predicted molar refractivity (Wildman–Crippen MR) is 49.2 cm³/mol. The maximum absolute atomic E-state index is 11.3. The molecule has 0 aliphatic heterocycles. The molecule has 2 atom stereocenters. The highest BCUT2D eigenvalue weighted by Gasteiger charge is 2.08. The smallest absolute Gasteiger partial charge is 0.187 e. The maximum atomic E-state index is 11.3. The van der Waals surface area contributed by atoms with Gasteiger partial charge in [-0.2, -0.15) is 4.80 Å². The minimum atomic E-state index is -0.991. The minimum absolute atomic E-state index is 0.0579. The molecular weight excluding hydrogens is 190 g/mol. The normalized spacial score (nSPS) is 15.6. The van der Waals surface area contributed by atoms with Crippen molar-refractivity contribution in [3.63, 3.8) is 0 Å². The Morgan fingerprint density at radius 1 is 1.69 bits per heavy atom. The standard InChI is InChI=1S/C6H13N5OS/c1-5(7)3-13(12)4-6-8-10-11(2)9-6/h5H,3-4,7H2,1-2H3. The van der Waals surface area contributed by atoms with E-state index in [-0.39, 0.29) is 6.04 Å². The molecule has 1 aromatic heterocycles. The third-order valence-electron chi connectivity index (χ3n) is 1.29. The third-order valence-corrected chi connectivity index (χ3v) is 2.77. The molecule has 0 amide bonds. The van der Waals surface area contributed by atoms with Gasteiger partial charge in [-0.1, -0.05) is 0 Å². The number of tetrazole rings is 1. The van der Waals surface area contributed by atoms with Gasteiger partial charge in [-0.15, -0.1) is 10.2 Å². The number of aromatic nitrogens is 4. The Kier molecular flexibility index (Phi) is 3.49. The van der Waals surface area contributed by atoms with E-state index >= 15 is 0 Å². The van der Waals surface area contributed by atoms with Crippen LogP contribution < -0.4 is 5.73 Å². The molecule has 0 aliphatic carbocycles. The molecule has 2 N–H and O–H groups in total. The molecular formula is C6H13N5OS. The molecule has 0 bridgehead atoms. The molecule has 0 saturated carbocycles. The van der Waals surface area contributed by atoms with Crippen LogP contribution in [-0.2, 0) is 23.6 Å². The van der Waals surface area contributed by atoms with Gasteiger partial charge < -0.3 is 5.73 Å². The first-order valence-corrected chi connectivity index (χ1v) is 5.40. The fraction of sp³-hybridized carbons (Fsp3) is 0.833. The molecule has 2 unspecified atom stereocenters. The van der Waals surface area contributed by atoms with E-state index in [9.17, 15) is 4.21 Å². The minimum Gasteiger partial charge on any atom is -0.327 e. The zero-order valence-electron chi connectivity index (χ0n) is 7.67. The topological polar surface area (TPSA) is 86.7 Å². The largest absolute Gasteiger partial charge is 0.327 e. The second-order valence-electron chi connectivity index (χ2n) is 2.92. The van der Waals surface area contributed by atoms with Gasteiger partial charge in [0.15, 0.2) is 5.82 Å². The van der Waals surface area contributed by atoms with Crippen molar-refractivity contribution in [3.8, 4) is 0 Å². The quantitative estimate of drug-likeness (QED) is 0.664. The summed E-state index contributed by atoms with van der Waals surface area (Å²) < 4.78 is 11.3. The van der Waals surface area contributed by atoms with E-state index < -0.39 is 10.8 Å². The van der Waals surface area contributed by atoms with Gasteiger partial charge in [0.05, 0.1) is 12.8 Å². The van der Waals surface area contributed by atoms with Crippen molar-refractivity contribution in [3.05, 3.63) is 5.82 Å². The molecule has 0 aromatic carbocycles. The maximum Gasteiger partial charge on any atom is 0.187 e. The summed E-state index contributed by atoms with van der Waals surface area (Å²) in [7, 11) is 0.680. The van der Waals surface area contributed by atoms with E-state index in [1.165, 1.54) is 4.80 Å². The fourth-order valence-electron chi connectivity index (χ4n) is 0.877. The Morgan fingerprint density at radius 3 is 2.85 bits per heavy atom. The van der Waals surface area contributed by atoms with Gasteiger partial charge in [0.25, 0.3) is 0 Å². The van der Waals surface area contributed by atoms with Crippen molar-refractivity contribution in [1.82, 2.24) is 20.2 Å². The van der Waals surface area contributed by atoms with Crippen LogP contribution in [-0.4, -0.2) is 36.2 Å². The third kappa shape index (κ3) is 3.60. The molecule has 13 heavy (non-hydrogen) atoms. The van der Waals surface area contributed by atoms with Gasteiger partial charge in [0, 0.05) is 22.6 Å². The van der Waals surface area contributed by atoms with Crippen molar-refractivity contribution in [2.75, 3.05) is 5.75 Å². The van der Waals surface area contributed by atoms with Crippen LogP contribution in [0.25, 0.3) is 0 Å². The Balaban J connectivity index is 2.45. The lowest BCUT2D eigenvalue weighted by molar-refractivity contribution is 0.628. The van der Waals surface area contributed by atoms with E-state index in [0.29, 0.717) is 17.3 Å². The van der Waals surface area contributed by atoms with Gasteiger partial charge >= 0.3 is 0 Å². The van der Waals surface area contributed by atoms with Crippen LogP contribution in [0.1, 0.15) is 12.7 Å². The molecule has 0 fully saturated rings. The summed E-state index contributed by atoms with van der Waals surface area (Å²) in [5, 5.41) is 11.3. The van der Waals surface area contributed by atoms with Gasteiger partial charge in [-0.3, -0.25) is 4.21 Å². The van der Waals surface area contributed by atoms with Crippen LogP contribution in [0.3, 0.4) is 0 Å². The van der Waals surface area contributed by atoms with Gasteiger partial charge in [0.2, 0.25) is 0 Å². The van der Waals surface area contributed by atoms with Crippen molar-refractivity contribution < 1.29 is 4.21 Å². The van der Waals surface area contributed by atoms with E-state index in [2.05, 4.69) is 15.4 Å². The molecule has 1 aromatic rings. The first-order valence-electron chi connectivity index (χ1n) is 3.91. The average Bonchev–Trinajstić information content (AvgIpc) is 2.33. The first-order chi connectivity index (χ1) is 6.08. The van der Waals surface area contributed by atoms with Crippen LogP contribution in [0.4, 0.5) is 0 Å². The van der Waals surface area contributed by atoms with E-state index in [0.717, 1.165) is 0 Å². The summed E-state index contributed by atoms with van der Waals surface area (Å²) in [6, 6.07) is -0.0579. The number of nitrogens with two attached hydrogens (primary N) is 1. The summed E-state index contributed by atoms with van der Waals surface area (Å²) in [6.07, 6.45) is 0. The van der Waals surface area contributed by atoms with Crippen LogP contribution in [0.5, 0.6) is 0 Å². The Morgan fingerprint density at radius 2 is 2.38 bits per heavy atom. The van der Waals surface area contributed by atoms with E-state index in [1.807, 2.05) is 6.92 Å². The van der Waals surface area contributed by atoms with Crippen molar-refractivity contribution in [2.45, 2.75) is 18.7 Å². The van der Waals surface area contributed by atoms with E-state index in [4.69, 9.17) is 5.73 Å². The molecule has 0 spiro atoms. The molecule has 7 heteroatoms. The summed E-state index contributed by atoms with van der Waals surface area (Å²) in [5.74, 6) is 1.30. The van der Waals surface area contributed by atoms with Crippen LogP contribution in [0.2, 0.25) is 0 Å². The van der Waals surface area contributed by atoms with Gasteiger partial charge in [-0.05, 0) is 12.1 Å². The summed E-state index contributed by atoms with van der Waals surface area (Å²) >= 11 is 0.